The largest absolute Gasteiger partial charge is 0.347 e. The van der Waals surface area contributed by atoms with Crippen LogP contribution in [0.4, 0.5) is 5.13 Å². The Hall–Kier alpha value is -0.910. The monoisotopic (exact) mass is 351 g/mol. The Labute approximate surface area is 131 Å². The highest BCUT2D eigenvalue weighted by Gasteiger charge is 2.22. The number of aryl methyl sites for hydroxylation is 1. The molecule has 0 amide bonds. The summed E-state index contributed by atoms with van der Waals surface area (Å²) >= 11 is 5.35. The van der Waals surface area contributed by atoms with Crippen LogP contribution in [0.5, 0.6) is 0 Å². The summed E-state index contributed by atoms with van der Waals surface area (Å²) in [6, 6.07) is 8.50. The first-order valence-corrected chi connectivity index (χ1v) is 8.46. The van der Waals surface area contributed by atoms with Gasteiger partial charge in [0.05, 0.1) is 5.69 Å². The summed E-state index contributed by atoms with van der Waals surface area (Å²) in [5.41, 5.74) is 8.66. The van der Waals surface area contributed by atoms with E-state index in [9.17, 15) is 0 Å². The molecule has 0 aliphatic heterocycles. The number of benzene rings is 1. The Balaban J connectivity index is 1.81. The van der Waals surface area contributed by atoms with Crippen molar-refractivity contribution in [2.75, 3.05) is 11.9 Å². The molecule has 0 spiro atoms. The van der Waals surface area contributed by atoms with E-state index >= 15 is 0 Å². The van der Waals surface area contributed by atoms with Crippen molar-refractivity contribution in [2.24, 2.45) is 5.73 Å². The maximum atomic E-state index is 6.18. The minimum Gasteiger partial charge on any atom is -0.347 e. The number of hydrogen-bond donors (Lipinski definition) is 1. The highest BCUT2D eigenvalue weighted by molar-refractivity contribution is 9.10. The van der Waals surface area contributed by atoms with Crippen molar-refractivity contribution in [3.05, 3.63) is 44.9 Å². The number of nitrogens with two attached hydrogens (primary N) is 1. The van der Waals surface area contributed by atoms with E-state index in [2.05, 4.69) is 46.1 Å². The molecule has 0 saturated carbocycles. The molecule has 3 rings (SSSR count). The maximum Gasteiger partial charge on any atom is 0.185 e. The Morgan fingerprint density at radius 1 is 1.45 bits per heavy atom. The minimum absolute atomic E-state index is 0.182. The average molecular weight is 352 g/mol. The second-order valence-electron chi connectivity index (χ2n) is 5.25. The molecule has 0 radical (unpaired) electrons. The van der Waals surface area contributed by atoms with Crippen LogP contribution in [0.1, 0.15) is 35.0 Å². The van der Waals surface area contributed by atoms with Crippen LogP contribution in [0.15, 0.2) is 28.7 Å². The highest BCUT2D eigenvalue weighted by atomic mass is 79.9. The van der Waals surface area contributed by atoms with Gasteiger partial charge in [-0.2, -0.15) is 0 Å². The van der Waals surface area contributed by atoms with Gasteiger partial charge in [0.2, 0.25) is 0 Å². The molecule has 2 aromatic rings. The highest BCUT2D eigenvalue weighted by Crippen LogP contribution is 2.36. The zero-order valence-corrected chi connectivity index (χ0v) is 13.9. The van der Waals surface area contributed by atoms with Gasteiger partial charge >= 0.3 is 0 Å². The van der Waals surface area contributed by atoms with Crippen LogP contribution in [0.3, 0.4) is 0 Å². The lowest BCUT2D eigenvalue weighted by Crippen LogP contribution is -2.16. The third-order valence-electron chi connectivity index (χ3n) is 3.67. The van der Waals surface area contributed by atoms with Crippen LogP contribution in [0.25, 0.3) is 0 Å². The number of hydrogen-bond acceptors (Lipinski definition) is 4. The van der Waals surface area contributed by atoms with E-state index in [0.717, 1.165) is 35.4 Å². The minimum atomic E-state index is 0.182. The van der Waals surface area contributed by atoms with Crippen LogP contribution >= 0.6 is 27.3 Å². The van der Waals surface area contributed by atoms with Gasteiger partial charge in [0.1, 0.15) is 0 Å². The number of fused-ring (bicyclic) bond motifs is 1. The lowest BCUT2D eigenvalue weighted by molar-refractivity contribution is 0.573. The quantitative estimate of drug-likeness (QED) is 0.912. The second kappa shape index (κ2) is 5.84. The number of aromatic nitrogens is 1. The Morgan fingerprint density at radius 2 is 2.25 bits per heavy atom. The molecule has 2 N–H and O–H groups in total. The van der Waals surface area contributed by atoms with Gasteiger partial charge in [0.25, 0.3) is 0 Å². The van der Waals surface area contributed by atoms with Crippen molar-refractivity contribution in [3.63, 3.8) is 0 Å². The SMILES string of the molecule is CN(Cc1ccccc1Br)c1nc2c(s1)C(N)CCC2. The summed E-state index contributed by atoms with van der Waals surface area (Å²) in [5.74, 6) is 0. The molecule has 1 aliphatic carbocycles. The lowest BCUT2D eigenvalue weighted by atomic mass is 9.99. The Morgan fingerprint density at radius 3 is 3.00 bits per heavy atom. The van der Waals surface area contributed by atoms with Crippen LogP contribution in [0, 0.1) is 0 Å². The fourth-order valence-corrected chi connectivity index (χ4v) is 4.07. The predicted molar refractivity (Wildman–Crippen MR) is 88.2 cm³/mol. The number of nitrogens with zero attached hydrogens (tertiary/aromatic N) is 2. The molecular weight excluding hydrogens is 334 g/mol. The van der Waals surface area contributed by atoms with Gasteiger partial charge in [-0.05, 0) is 30.9 Å². The van der Waals surface area contributed by atoms with Gasteiger partial charge < -0.3 is 10.6 Å². The summed E-state index contributed by atoms with van der Waals surface area (Å²) in [6.45, 7) is 0.850. The van der Waals surface area contributed by atoms with E-state index in [1.165, 1.54) is 16.1 Å². The third kappa shape index (κ3) is 2.75. The van der Waals surface area contributed by atoms with E-state index in [1.807, 2.05) is 6.07 Å². The smallest absolute Gasteiger partial charge is 0.185 e. The predicted octanol–water partition coefficient (Wildman–Crippen LogP) is 3.88. The molecule has 1 aromatic carbocycles. The number of halogens is 1. The van der Waals surface area contributed by atoms with E-state index in [-0.39, 0.29) is 6.04 Å². The molecule has 1 atom stereocenters. The molecule has 3 nitrogen and oxygen atoms in total. The molecule has 0 bridgehead atoms. The summed E-state index contributed by atoms with van der Waals surface area (Å²) in [4.78, 5) is 8.26. The number of rotatable bonds is 3. The molecule has 1 heterocycles. The van der Waals surface area contributed by atoms with E-state index in [0.29, 0.717) is 0 Å². The molecule has 106 valence electrons. The van der Waals surface area contributed by atoms with Crippen LogP contribution < -0.4 is 10.6 Å². The summed E-state index contributed by atoms with van der Waals surface area (Å²) in [5, 5.41) is 1.07. The summed E-state index contributed by atoms with van der Waals surface area (Å²) in [7, 11) is 2.09. The Bertz CT molecular complexity index is 611. The molecule has 1 aliphatic rings. The van der Waals surface area contributed by atoms with Gasteiger partial charge in [-0.3, -0.25) is 0 Å². The van der Waals surface area contributed by atoms with Crippen molar-refractivity contribution in [1.82, 2.24) is 4.98 Å². The second-order valence-corrected chi connectivity index (χ2v) is 7.12. The van der Waals surface area contributed by atoms with Crippen LogP contribution in [-0.4, -0.2) is 12.0 Å². The molecule has 1 unspecified atom stereocenters. The third-order valence-corrected chi connectivity index (χ3v) is 5.79. The Kier molecular flexibility index (Phi) is 4.10. The average Bonchev–Trinajstić information content (AvgIpc) is 2.87. The molecular formula is C15H18BrN3S. The van der Waals surface area contributed by atoms with Gasteiger partial charge in [0, 0.05) is 29.0 Å². The molecule has 20 heavy (non-hydrogen) atoms. The van der Waals surface area contributed by atoms with E-state index in [1.54, 1.807) is 11.3 Å². The zero-order valence-electron chi connectivity index (χ0n) is 11.5. The van der Waals surface area contributed by atoms with E-state index in [4.69, 9.17) is 10.7 Å². The first-order valence-electron chi connectivity index (χ1n) is 6.85. The lowest BCUT2D eigenvalue weighted by Gasteiger charge is -2.16. The van der Waals surface area contributed by atoms with Crippen molar-refractivity contribution in [3.8, 4) is 0 Å². The van der Waals surface area contributed by atoms with Crippen molar-refractivity contribution in [2.45, 2.75) is 31.8 Å². The summed E-state index contributed by atoms with van der Waals surface area (Å²) in [6.07, 6.45) is 3.32. The number of anilines is 1. The standard InChI is InChI=1S/C15H18BrN3S/c1-19(9-10-5-2-3-6-11(10)16)15-18-13-8-4-7-12(17)14(13)20-15/h2-3,5-6,12H,4,7-9,17H2,1H3. The zero-order chi connectivity index (χ0) is 14.1. The van der Waals surface area contributed by atoms with Gasteiger partial charge in [0.15, 0.2) is 5.13 Å². The molecule has 0 fully saturated rings. The maximum absolute atomic E-state index is 6.18. The normalized spacial score (nSPS) is 17.9. The number of thiazole rings is 1. The molecule has 0 saturated heterocycles. The van der Waals surface area contributed by atoms with Crippen molar-refractivity contribution < 1.29 is 0 Å². The summed E-state index contributed by atoms with van der Waals surface area (Å²) < 4.78 is 1.14. The first-order chi connectivity index (χ1) is 9.65. The molecule has 1 aromatic heterocycles. The van der Waals surface area contributed by atoms with Crippen molar-refractivity contribution >= 4 is 32.4 Å². The van der Waals surface area contributed by atoms with E-state index < -0.39 is 0 Å². The molecule has 5 heteroatoms. The fourth-order valence-electron chi connectivity index (χ4n) is 2.55. The fraction of sp³-hybridized carbons (Fsp3) is 0.400. The topological polar surface area (TPSA) is 42.2 Å². The van der Waals surface area contributed by atoms with Gasteiger partial charge in [-0.15, -0.1) is 0 Å². The van der Waals surface area contributed by atoms with Gasteiger partial charge in [-0.1, -0.05) is 45.5 Å². The van der Waals surface area contributed by atoms with Crippen LogP contribution in [-0.2, 0) is 13.0 Å². The van der Waals surface area contributed by atoms with Crippen LogP contribution in [0.2, 0.25) is 0 Å². The first kappa shape index (κ1) is 14.0. The van der Waals surface area contributed by atoms with Gasteiger partial charge in [-0.25, -0.2) is 4.98 Å². The van der Waals surface area contributed by atoms with Crippen molar-refractivity contribution in [1.29, 1.82) is 0 Å².